The van der Waals surface area contributed by atoms with Crippen LogP contribution in [0.4, 0.5) is 0 Å². The molecule has 1 unspecified atom stereocenters. The summed E-state index contributed by atoms with van der Waals surface area (Å²) in [6.07, 6.45) is 0. The number of methoxy groups -OCH3 is 1. The van der Waals surface area contributed by atoms with Crippen molar-refractivity contribution in [3.8, 4) is 0 Å². The van der Waals surface area contributed by atoms with Crippen molar-refractivity contribution in [3.05, 3.63) is 33.8 Å². The topological polar surface area (TPSA) is 43.4 Å². The summed E-state index contributed by atoms with van der Waals surface area (Å²) in [4.78, 5) is 23.1. The summed E-state index contributed by atoms with van der Waals surface area (Å²) in [6, 6.07) is 4.72. The van der Waals surface area contributed by atoms with E-state index < -0.39 is 0 Å². The minimum Gasteiger partial charge on any atom is -0.468 e. The van der Waals surface area contributed by atoms with Crippen molar-refractivity contribution in [3.63, 3.8) is 0 Å². The van der Waals surface area contributed by atoms with E-state index in [2.05, 4.69) is 4.74 Å². The van der Waals surface area contributed by atoms with Crippen molar-refractivity contribution in [1.29, 1.82) is 0 Å². The van der Waals surface area contributed by atoms with Gasteiger partial charge in [0.15, 0.2) is 5.78 Å². The molecule has 0 bridgehead atoms. The van der Waals surface area contributed by atoms with E-state index in [0.717, 1.165) is 0 Å². The fourth-order valence-corrected chi connectivity index (χ4v) is 2.52. The van der Waals surface area contributed by atoms with Crippen LogP contribution in [0.2, 0.25) is 10.0 Å². The van der Waals surface area contributed by atoms with Crippen molar-refractivity contribution in [2.45, 2.75) is 12.2 Å². The molecule has 18 heavy (non-hydrogen) atoms. The lowest BCUT2D eigenvalue weighted by Gasteiger charge is -2.10. The van der Waals surface area contributed by atoms with Crippen molar-refractivity contribution < 1.29 is 14.3 Å². The van der Waals surface area contributed by atoms with Crippen LogP contribution < -0.4 is 0 Å². The van der Waals surface area contributed by atoms with E-state index in [4.69, 9.17) is 23.2 Å². The molecule has 0 heterocycles. The highest BCUT2D eigenvalue weighted by Crippen LogP contribution is 2.25. The van der Waals surface area contributed by atoms with Gasteiger partial charge in [-0.2, -0.15) is 0 Å². The van der Waals surface area contributed by atoms with Crippen LogP contribution in [0.25, 0.3) is 0 Å². The maximum absolute atomic E-state index is 12.1. The first-order chi connectivity index (χ1) is 8.45. The zero-order valence-corrected chi connectivity index (χ0v) is 12.2. The Morgan fingerprint density at radius 3 is 2.61 bits per heavy atom. The summed E-state index contributed by atoms with van der Waals surface area (Å²) in [7, 11) is 1.31. The third-order valence-electron chi connectivity index (χ3n) is 2.24. The number of rotatable bonds is 5. The standard InChI is InChI=1S/C12H12Cl2O3S/c1-7(18-6-11(15)17-2)12(16)9-4-3-8(13)5-10(9)14/h3-5,7H,6H2,1-2H3. The number of ether oxygens (including phenoxy) is 1. The van der Waals surface area contributed by atoms with Crippen LogP contribution in [0.5, 0.6) is 0 Å². The fourth-order valence-electron chi connectivity index (χ4n) is 1.24. The second kappa shape index (κ2) is 7.02. The van der Waals surface area contributed by atoms with Gasteiger partial charge in [-0.15, -0.1) is 11.8 Å². The molecule has 0 spiro atoms. The molecule has 0 fully saturated rings. The molecule has 98 valence electrons. The Hall–Kier alpha value is -0.710. The summed E-state index contributed by atoms with van der Waals surface area (Å²) >= 11 is 12.9. The van der Waals surface area contributed by atoms with E-state index >= 15 is 0 Å². The number of ketones is 1. The Morgan fingerprint density at radius 2 is 2.06 bits per heavy atom. The molecule has 3 nitrogen and oxygen atoms in total. The van der Waals surface area contributed by atoms with Crippen molar-refractivity contribution in [2.75, 3.05) is 12.9 Å². The van der Waals surface area contributed by atoms with Crippen LogP contribution >= 0.6 is 35.0 Å². The van der Waals surface area contributed by atoms with Gasteiger partial charge in [0.1, 0.15) is 0 Å². The molecular weight excluding hydrogens is 295 g/mol. The summed E-state index contributed by atoms with van der Waals surface area (Å²) < 4.78 is 4.51. The van der Waals surface area contributed by atoms with Crippen molar-refractivity contribution >= 4 is 46.7 Å². The third kappa shape index (κ3) is 4.19. The zero-order chi connectivity index (χ0) is 13.7. The maximum Gasteiger partial charge on any atom is 0.315 e. The molecule has 0 saturated carbocycles. The second-order valence-electron chi connectivity index (χ2n) is 3.52. The zero-order valence-electron chi connectivity index (χ0n) is 9.91. The largest absolute Gasteiger partial charge is 0.468 e. The maximum atomic E-state index is 12.1. The van der Waals surface area contributed by atoms with E-state index in [1.807, 2.05) is 0 Å². The van der Waals surface area contributed by atoms with Gasteiger partial charge in [-0.25, -0.2) is 0 Å². The summed E-state index contributed by atoms with van der Waals surface area (Å²) in [6.45, 7) is 1.72. The van der Waals surface area contributed by atoms with Gasteiger partial charge in [0.25, 0.3) is 0 Å². The van der Waals surface area contributed by atoms with Crippen LogP contribution in [-0.4, -0.2) is 29.9 Å². The van der Waals surface area contributed by atoms with Gasteiger partial charge in [0.05, 0.1) is 23.1 Å². The van der Waals surface area contributed by atoms with Gasteiger partial charge in [-0.05, 0) is 25.1 Å². The molecule has 1 rings (SSSR count). The van der Waals surface area contributed by atoms with Crippen LogP contribution in [0.15, 0.2) is 18.2 Å². The average molecular weight is 307 g/mol. The molecule has 0 saturated heterocycles. The molecule has 0 amide bonds. The van der Waals surface area contributed by atoms with Crippen LogP contribution in [0, 0.1) is 0 Å². The Balaban J connectivity index is 2.71. The number of benzene rings is 1. The van der Waals surface area contributed by atoms with E-state index in [-0.39, 0.29) is 22.8 Å². The highest BCUT2D eigenvalue weighted by Gasteiger charge is 2.19. The summed E-state index contributed by atoms with van der Waals surface area (Å²) in [5, 5.41) is 0.423. The number of carbonyl (C=O) groups is 2. The lowest BCUT2D eigenvalue weighted by molar-refractivity contribution is -0.137. The Bertz CT molecular complexity index is 463. The van der Waals surface area contributed by atoms with E-state index in [1.54, 1.807) is 19.1 Å². The molecule has 1 atom stereocenters. The molecule has 0 aliphatic carbocycles. The predicted molar refractivity (Wildman–Crippen MR) is 74.7 cm³/mol. The lowest BCUT2D eigenvalue weighted by Crippen LogP contribution is -2.17. The number of hydrogen-bond donors (Lipinski definition) is 0. The summed E-state index contributed by atoms with van der Waals surface area (Å²) in [5.41, 5.74) is 0.408. The monoisotopic (exact) mass is 306 g/mol. The first-order valence-corrected chi connectivity index (χ1v) is 6.94. The SMILES string of the molecule is COC(=O)CSC(C)C(=O)c1ccc(Cl)cc1Cl. The highest BCUT2D eigenvalue weighted by molar-refractivity contribution is 8.01. The smallest absolute Gasteiger partial charge is 0.315 e. The minimum absolute atomic E-state index is 0.134. The molecule has 0 N–H and O–H groups in total. The normalized spacial score (nSPS) is 12.0. The van der Waals surface area contributed by atoms with Crippen LogP contribution in [0.3, 0.4) is 0 Å². The van der Waals surface area contributed by atoms with E-state index in [9.17, 15) is 9.59 Å². The van der Waals surface area contributed by atoms with Crippen molar-refractivity contribution in [1.82, 2.24) is 0 Å². The molecule has 1 aromatic rings. The molecular formula is C12H12Cl2O3S. The Morgan fingerprint density at radius 1 is 1.39 bits per heavy atom. The second-order valence-corrected chi connectivity index (χ2v) is 5.69. The molecule has 1 aromatic carbocycles. The van der Waals surface area contributed by atoms with E-state index in [1.165, 1.54) is 24.9 Å². The van der Waals surface area contributed by atoms with Crippen molar-refractivity contribution in [2.24, 2.45) is 0 Å². The van der Waals surface area contributed by atoms with Gasteiger partial charge in [-0.1, -0.05) is 23.2 Å². The quantitative estimate of drug-likeness (QED) is 0.617. The Kier molecular flexibility index (Phi) is 5.99. The summed E-state index contributed by atoms with van der Waals surface area (Å²) in [5.74, 6) is -0.360. The first kappa shape index (κ1) is 15.3. The Labute approximate surface area is 120 Å². The van der Waals surface area contributed by atoms with Gasteiger partial charge >= 0.3 is 5.97 Å². The number of carbonyl (C=O) groups excluding carboxylic acids is 2. The van der Waals surface area contributed by atoms with Gasteiger partial charge in [0, 0.05) is 10.6 Å². The first-order valence-electron chi connectivity index (χ1n) is 5.13. The van der Waals surface area contributed by atoms with Crippen LogP contribution in [0.1, 0.15) is 17.3 Å². The van der Waals surface area contributed by atoms with Gasteiger partial charge in [0.2, 0.25) is 0 Å². The van der Waals surface area contributed by atoms with Gasteiger partial charge in [-0.3, -0.25) is 9.59 Å². The third-order valence-corrected chi connectivity index (χ3v) is 3.91. The number of hydrogen-bond acceptors (Lipinski definition) is 4. The predicted octanol–water partition coefficient (Wildman–Crippen LogP) is 3.47. The molecule has 0 aliphatic heterocycles. The number of thioether (sulfide) groups is 1. The van der Waals surface area contributed by atoms with Crippen LogP contribution in [-0.2, 0) is 9.53 Å². The minimum atomic E-state index is -0.372. The molecule has 0 aliphatic rings. The molecule has 0 aromatic heterocycles. The molecule has 6 heteroatoms. The van der Waals surface area contributed by atoms with Gasteiger partial charge < -0.3 is 4.74 Å². The number of esters is 1. The van der Waals surface area contributed by atoms with E-state index in [0.29, 0.717) is 15.6 Å². The highest BCUT2D eigenvalue weighted by atomic mass is 35.5. The fraction of sp³-hybridized carbons (Fsp3) is 0.333. The number of halogens is 2. The average Bonchev–Trinajstić information content (AvgIpc) is 2.34. The number of Topliss-reactive ketones (excluding diaryl/α,β-unsaturated/α-hetero) is 1. The molecule has 0 radical (unpaired) electrons. The lowest BCUT2D eigenvalue weighted by atomic mass is 10.1.